The van der Waals surface area contributed by atoms with E-state index in [0.717, 1.165) is 38.4 Å². The van der Waals surface area contributed by atoms with Crippen molar-refractivity contribution in [2.75, 3.05) is 19.6 Å². The number of aromatic nitrogens is 2. The molecular weight excluding hydrogens is 312 g/mol. The molecule has 5 nitrogen and oxygen atoms in total. The van der Waals surface area contributed by atoms with E-state index in [4.69, 9.17) is 0 Å². The predicted molar refractivity (Wildman–Crippen MR) is 100 cm³/mol. The van der Waals surface area contributed by atoms with Crippen LogP contribution in [0.2, 0.25) is 0 Å². The SMILES string of the molecule is CC(C)(C)C1CCC(CNC(=O)C2(n3cccn3)CCNCC2)CC1. The first-order valence-corrected chi connectivity index (χ1v) is 9.91. The molecular formula is C20H34N4O. The number of nitrogens with one attached hydrogen (secondary N) is 2. The number of carbonyl (C=O) groups is 1. The van der Waals surface area contributed by atoms with Crippen molar-refractivity contribution in [1.82, 2.24) is 20.4 Å². The molecule has 1 aromatic rings. The Balaban J connectivity index is 1.56. The fourth-order valence-corrected chi connectivity index (χ4v) is 4.56. The molecule has 2 heterocycles. The first kappa shape index (κ1) is 18.4. The molecule has 3 rings (SSSR count). The minimum Gasteiger partial charge on any atom is -0.354 e. The lowest BCUT2D eigenvalue weighted by Crippen LogP contribution is -2.55. The van der Waals surface area contributed by atoms with Crippen LogP contribution in [-0.4, -0.2) is 35.3 Å². The molecule has 1 amide bonds. The second-order valence-corrected chi connectivity index (χ2v) is 9.03. The van der Waals surface area contributed by atoms with Crippen LogP contribution in [-0.2, 0) is 10.3 Å². The quantitative estimate of drug-likeness (QED) is 0.881. The number of nitrogens with zero attached hydrogens (tertiary/aromatic N) is 2. The van der Waals surface area contributed by atoms with Gasteiger partial charge < -0.3 is 10.6 Å². The minimum absolute atomic E-state index is 0.149. The van der Waals surface area contributed by atoms with Gasteiger partial charge in [0.25, 0.3) is 0 Å². The summed E-state index contributed by atoms with van der Waals surface area (Å²) in [7, 11) is 0. The average molecular weight is 347 g/mol. The van der Waals surface area contributed by atoms with Crippen LogP contribution in [0.5, 0.6) is 0 Å². The summed E-state index contributed by atoms with van der Waals surface area (Å²) in [6.07, 6.45) is 10.4. The van der Waals surface area contributed by atoms with Crippen LogP contribution in [0, 0.1) is 17.3 Å². The van der Waals surface area contributed by atoms with Crippen LogP contribution >= 0.6 is 0 Å². The van der Waals surface area contributed by atoms with E-state index < -0.39 is 5.54 Å². The van der Waals surface area contributed by atoms with Crippen molar-refractivity contribution < 1.29 is 4.79 Å². The number of rotatable bonds is 4. The van der Waals surface area contributed by atoms with E-state index in [2.05, 4.69) is 36.5 Å². The topological polar surface area (TPSA) is 59.0 Å². The molecule has 25 heavy (non-hydrogen) atoms. The molecule has 0 spiro atoms. The van der Waals surface area contributed by atoms with Crippen molar-refractivity contribution in [2.24, 2.45) is 17.3 Å². The molecule has 0 radical (unpaired) electrons. The molecule has 2 N–H and O–H groups in total. The van der Waals surface area contributed by atoms with E-state index in [0.29, 0.717) is 11.3 Å². The van der Waals surface area contributed by atoms with Crippen molar-refractivity contribution in [3.05, 3.63) is 18.5 Å². The van der Waals surface area contributed by atoms with E-state index in [1.165, 1.54) is 25.7 Å². The molecule has 1 saturated heterocycles. The Morgan fingerprint density at radius 1 is 1.24 bits per heavy atom. The van der Waals surface area contributed by atoms with Crippen LogP contribution in [0.4, 0.5) is 0 Å². The second kappa shape index (κ2) is 7.48. The van der Waals surface area contributed by atoms with E-state index in [-0.39, 0.29) is 5.91 Å². The van der Waals surface area contributed by atoms with Crippen molar-refractivity contribution >= 4 is 5.91 Å². The van der Waals surface area contributed by atoms with Crippen molar-refractivity contribution in [3.63, 3.8) is 0 Å². The smallest absolute Gasteiger partial charge is 0.248 e. The Labute approximate surface area is 151 Å². The summed E-state index contributed by atoms with van der Waals surface area (Å²) in [6, 6.07) is 1.91. The summed E-state index contributed by atoms with van der Waals surface area (Å²) >= 11 is 0. The molecule has 1 aliphatic carbocycles. The van der Waals surface area contributed by atoms with E-state index in [1.54, 1.807) is 6.20 Å². The van der Waals surface area contributed by atoms with Crippen molar-refractivity contribution in [1.29, 1.82) is 0 Å². The van der Waals surface area contributed by atoms with Crippen LogP contribution in [0.15, 0.2) is 18.5 Å². The third-order valence-electron chi connectivity index (χ3n) is 6.42. The third kappa shape index (κ3) is 4.08. The summed E-state index contributed by atoms with van der Waals surface area (Å²) in [4.78, 5) is 13.1. The van der Waals surface area contributed by atoms with Gasteiger partial charge in [0.15, 0.2) is 0 Å². The first-order chi connectivity index (χ1) is 11.9. The maximum absolute atomic E-state index is 13.1. The summed E-state index contributed by atoms with van der Waals surface area (Å²) < 4.78 is 1.87. The molecule has 0 aromatic carbocycles. The van der Waals surface area contributed by atoms with Crippen LogP contribution in [0.3, 0.4) is 0 Å². The van der Waals surface area contributed by atoms with Gasteiger partial charge in [-0.3, -0.25) is 9.48 Å². The van der Waals surface area contributed by atoms with E-state index in [9.17, 15) is 4.79 Å². The summed E-state index contributed by atoms with van der Waals surface area (Å²) in [5.41, 5.74) is -0.106. The number of piperidine rings is 1. The largest absolute Gasteiger partial charge is 0.354 e. The zero-order chi connectivity index (χ0) is 17.9. The monoisotopic (exact) mass is 346 g/mol. The van der Waals surface area contributed by atoms with Gasteiger partial charge in [0, 0.05) is 18.9 Å². The van der Waals surface area contributed by atoms with Gasteiger partial charge in [0.1, 0.15) is 5.54 Å². The van der Waals surface area contributed by atoms with Crippen LogP contribution in [0.1, 0.15) is 59.3 Å². The summed E-state index contributed by atoms with van der Waals surface area (Å²) in [6.45, 7) is 9.60. The standard InChI is InChI=1S/C20H34N4O/c1-19(2,3)17-7-5-16(6-8-17)15-22-18(25)20(9-12-21-13-10-20)24-14-4-11-23-24/h4,11,14,16-17,21H,5-10,12-13,15H2,1-3H3,(H,22,25). The maximum Gasteiger partial charge on any atom is 0.248 e. The Morgan fingerprint density at radius 3 is 2.48 bits per heavy atom. The van der Waals surface area contributed by atoms with Gasteiger partial charge in [-0.2, -0.15) is 5.10 Å². The number of hydrogen-bond acceptors (Lipinski definition) is 3. The summed E-state index contributed by atoms with van der Waals surface area (Å²) in [5.74, 6) is 1.59. The first-order valence-electron chi connectivity index (χ1n) is 9.91. The van der Waals surface area contributed by atoms with Gasteiger partial charge in [-0.15, -0.1) is 0 Å². The molecule has 0 bridgehead atoms. The molecule has 0 unspecified atom stereocenters. The Kier molecular flexibility index (Phi) is 5.52. The fraction of sp³-hybridized carbons (Fsp3) is 0.800. The highest BCUT2D eigenvalue weighted by atomic mass is 16.2. The molecule has 2 fully saturated rings. The van der Waals surface area contributed by atoms with Crippen LogP contribution < -0.4 is 10.6 Å². The van der Waals surface area contributed by atoms with Crippen molar-refractivity contribution in [2.45, 2.75) is 64.8 Å². The van der Waals surface area contributed by atoms with Gasteiger partial charge in [-0.25, -0.2) is 0 Å². The van der Waals surface area contributed by atoms with Gasteiger partial charge in [0.2, 0.25) is 5.91 Å². The van der Waals surface area contributed by atoms with Gasteiger partial charge >= 0.3 is 0 Å². The highest BCUT2D eigenvalue weighted by molar-refractivity contribution is 5.84. The average Bonchev–Trinajstić information content (AvgIpc) is 3.15. The normalized spacial score (nSPS) is 27.0. The predicted octanol–water partition coefficient (Wildman–Crippen LogP) is 2.93. The zero-order valence-electron chi connectivity index (χ0n) is 16.1. The Bertz CT molecular complexity index is 547. The van der Waals surface area contributed by atoms with Gasteiger partial charge in [-0.05, 0) is 74.9 Å². The maximum atomic E-state index is 13.1. The lowest BCUT2D eigenvalue weighted by molar-refractivity contribution is -0.132. The highest BCUT2D eigenvalue weighted by Gasteiger charge is 2.42. The lowest BCUT2D eigenvalue weighted by atomic mass is 9.70. The number of hydrogen-bond donors (Lipinski definition) is 2. The highest BCUT2D eigenvalue weighted by Crippen LogP contribution is 2.39. The van der Waals surface area contributed by atoms with Gasteiger partial charge in [0.05, 0.1) is 0 Å². The van der Waals surface area contributed by atoms with E-state index in [1.807, 2.05) is 16.9 Å². The molecule has 1 aliphatic heterocycles. The zero-order valence-corrected chi connectivity index (χ0v) is 16.1. The molecule has 1 saturated carbocycles. The van der Waals surface area contributed by atoms with Crippen molar-refractivity contribution in [3.8, 4) is 0 Å². The molecule has 0 atom stereocenters. The number of amides is 1. The molecule has 1 aromatic heterocycles. The molecule has 5 heteroatoms. The third-order valence-corrected chi connectivity index (χ3v) is 6.42. The Morgan fingerprint density at radius 2 is 1.92 bits per heavy atom. The summed E-state index contributed by atoms with van der Waals surface area (Å²) in [5, 5.41) is 11.0. The molecule has 2 aliphatic rings. The van der Waals surface area contributed by atoms with E-state index >= 15 is 0 Å². The van der Waals surface area contributed by atoms with Crippen LogP contribution in [0.25, 0.3) is 0 Å². The second-order valence-electron chi connectivity index (χ2n) is 9.03. The fourth-order valence-electron chi connectivity index (χ4n) is 4.56. The number of carbonyl (C=O) groups excluding carboxylic acids is 1. The Hall–Kier alpha value is -1.36. The van der Waals surface area contributed by atoms with Gasteiger partial charge in [-0.1, -0.05) is 20.8 Å². The lowest BCUT2D eigenvalue weighted by Gasteiger charge is -2.39. The minimum atomic E-state index is -0.517. The molecule has 140 valence electrons.